The van der Waals surface area contributed by atoms with E-state index in [-0.39, 0.29) is 18.1 Å². The number of aromatic nitrogens is 2. The van der Waals surface area contributed by atoms with Gasteiger partial charge in [-0.3, -0.25) is 19.1 Å². The van der Waals surface area contributed by atoms with E-state index in [0.717, 1.165) is 22.0 Å². The summed E-state index contributed by atoms with van der Waals surface area (Å²) in [7, 11) is 1.70. The van der Waals surface area contributed by atoms with Crippen LogP contribution in [0, 0.1) is 0 Å². The monoisotopic (exact) mass is 357 g/mol. The summed E-state index contributed by atoms with van der Waals surface area (Å²) in [5, 5.41) is 0. The Kier molecular flexibility index (Phi) is 4.06. The molecule has 0 unspecified atom stereocenters. The van der Waals surface area contributed by atoms with Gasteiger partial charge in [-0.1, -0.05) is 0 Å². The predicted octanol–water partition coefficient (Wildman–Crippen LogP) is 0.956. The van der Waals surface area contributed by atoms with Crippen molar-refractivity contribution in [3.8, 4) is 5.69 Å². The molecule has 8 nitrogen and oxygen atoms in total. The molecule has 26 heavy (non-hydrogen) atoms. The van der Waals surface area contributed by atoms with Gasteiger partial charge >= 0.3 is 11.7 Å². The van der Waals surface area contributed by atoms with Gasteiger partial charge in [0.15, 0.2) is 0 Å². The summed E-state index contributed by atoms with van der Waals surface area (Å²) >= 11 is 0. The number of fused-ring (bicyclic) bond motifs is 1. The fourth-order valence-electron chi connectivity index (χ4n) is 3.13. The maximum Gasteiger partial charge on any atom is 0.345 e. The number of likely N-dealkylation sites (N-methyl/N-ethyl adjacent to an activating group) is 1. The lowest BCUT2D eigenvalue weighted by Crippen LogP contribution is -2.33. The smallest absolute Gasteiger partial charge is 0.345 e. The van der Waals surface area contributed by atoms with Crippen molar-refractivity contribution in [3.05, 3.63) is 56.4 Å². The first-order chi connectivity index (χ1) is 12.2. The normalized spacial score (nSPS) is 15.1. The average Bonchev–Trinajstić information content (AvgIpc) is 2.76. The molecule has 1 aliphatic rings. The van der Waals surface area contributed by atoms with Gasteiger partial charge < -0.3 is 9.64 Å². The molecule has 0 saturated carbocycles. The molecule has 136 valence electrons. The molecule has 1 aromatic heterocycles. The summed E-state index contributed by atoms with van der Waals surface area (Å²) in [6.07, 6.45) is 1.16. The number of esters is 1. The zero-order chi connectivity index (χ0) is 19.2. The van der Waals surface area contributed by atoms with E-state index in [0.29, 0.717) is 5.69 Å². The number of nitrogens with zero attached hydrogens (tertiary/aromatic N) is 2. The number of H-pyrrole nitrogens is 1. The number of aromatic amines is 1. The molecule has 2 heterocycles. The van der Waals surface area contributed by atoms with E-state index in [2.05, 4.69) is 4.98 Å². The van der Waals surface area contributed by atoms with Crippen LogP contribution in [0.3, 0.4) is 0 Å². The number of hydrogen-bond donors (Lipinski definition) is 1. The summed E-state index contributed by atoms with van der Waals surface area (Å²) in [5.41, 5.74) is -0.536. The van der Waals surface area contributed by atoms with Crippen LogP contribution in [0.25, 0.3) is 5.69 Å². The highest BCUT2D eigenvalue weighted by Gasteiger charge is 2.42. The lowest BCUT2D eigenvalue weighted by atomic mass is 9.86. The van der Waals surface area contributed by atoms with Crippen molar-refractivity contribution in [2.75, 3.05) is 18.6 Å². The highest BCUT2D eigenvalue weighted by atomic mass is 16.5. The number of nitrogens with one attached hydrogen (secondary N) is 1. The Morgan fingerprint density at radius 2 is 1.92 bits per heavy atom. The number of ether oxygens (including phenoxy) is 1. The van der Waals surface area contributed by atoms with Crippen molar-refractivity contribution in [1.82, 2.24) is 9.55 Å². The third-order valence-corrected chi connectivity index (χ3v) is 4.57. The molecule has 1 aliphatic heterocycles. The maximum absolute atomic E-state index is 12.4. The average molecular weight is 357 g/mol. The van der Waals surface area contributed by atoms with Gasteiger partial charge in [-0.05, 0) is 44.5 Å². The van der Waals surface area contributed by atoms with Crippen molar-refractivity contribution in [2.24, 2.45) is 0 Å². The molecule has 2 aromatic rings. The van der Waals surface area contributed by atoms with Crippen molar-refractivity contribution in [3.63, 3.8) is 0 Å². The second-order valence-electron chi connectivity index (χ2n) is 6.58. The molecule has 0 aliphatic carbocycles. The van der Waals surface area contributed by atoms with Crippen LogP contribution in [0.1, 0.15) is 36.7 Å². The molecule has 1 aromatic carbocycles. The largest absolute Gasteiger partial charge is 0.462 e. The Balaban J connectivity index is 2.18. The van der Waals surface area contributed by atoms with Gasteiger partial charge in [0.2, 0.25) is 5.91 Å². The van der Waals surface area contributed by atoms with E-state index < -0.39 is 22.6 Å². The zero-order valence-electron chi connectivity index (χ0n) is 15.0. The predicted molar refractivity (Wildman–Crippen MR) is 95.1 cm³/mol. The van der Waals surface area contributed by atoms with Crippen LogP contribution < -0.4 is 16.1 Å². The van der Waals surface area contributed by atoms with Crippen LogP contribution in [0.15, 0.2) is 34.0 Å². The molecule has 8 heteroatoms. The molecule has 3 rings (SSSR count). The van der Waals surface area contributed by atoms with Gasteiger partial charge in [-0.15, -0.1) is 0 Å². The summed E-state index contributed by atoms with van der Waals surface area (Å²) in [4.78, 5) is 52.2. The van der Waals surface area contributed by atoms with Crippen LogP contribution in [0.4, 0.5) is 5.69 Å². The Labute approximate surface area is 149 Å². The quantitative estimate of drug-likeness (QED) is 0.825. The van der Waals surface area contributed by atoms with Crippen LogP contribution in [0.5, 0.6) is 0 Å². The van der Waals surface area contributed by atoms with Crippen LogP contribution >= 0.6 is 0 Å². The van der Waals surface area contributed by atoms with Crippen molar-refractivity contribution < 1.29 is 14.3 Å². The minimum absolute atomic E-state index is 0.0503. The van der Waals surface area contributed by atoms with E-state index in [1.165, 1.54) is 0 Å². The number of anilines is 1. The number of carbonyl (C=O) groups is 2. The number of amides is 1. The van der Waals surface area contributed by atoms with Gasteiger partial charge in [0.25, 0.3) is 5.56 Å². The Morgan fingerprint density at radius 1 is 1.23 bits per heavy atom. The topological polar surface area (TPSA) is 101 Å². The lowest BCUT2D eigenvalue weighted by Gasteiger charge is -2.17. The second-order valence-corrected chi connectivity index (χ2v) is 6.58. The zero-order valence-corrected chi connectivity index (χ0v) is 15.0. The Hall–Kier alpha value is -3.16. The van der Waals surface area contributed by atoms with E-state index in [1.807, 2.05) is 0 Å². The minimum atomic E-state index is -0.807. The number of rotatable bonds is 3. The summed E-state index contributed by atoms with van der Waals surface area (Å²) < 4.78 is 6.01. The molecule has 0 bridgehead atoms. The molecule has 0 spiro atoms. The highest BCUT2D eigenvalue weighted by molar-refractivity contribution is 6.07. The van der Waals surface area contributed by atoms with Crippen LogP contribution in [-0.2, 0) is 14.9 Å². The van der Waals surface area contributed by atoms with Crippen molar-refractivity contribution in [2.45, 2.75) is 26.2 Å². The first-order valence-corrected chi connectivity index (χ1v) is 8.14. The van der Waals surface area contributed by atoms with E-state index in [9.17, 15) is 19.2 Å². The molecular weight excluding hydrogens is 338 g/mol. The van der Waals surface area contributed by atoms with Gasteiger partial charge in [0.05, 0.1) is 17.7 Å². The summed E-state index contributed by atoms with van der Waals surface area (Å²) in [6.45, 7) is 5.35. The summed E-state index contributed by atoms with van der Waals surface area (Å²) in [5.74, 6) is -0.857. The van der Waals surface area contributed by atoms with Gasteiger partial charge in [-0.25, -0.2) is 9.59 Å². The van der Waals surface area contributed by atoms with Crippen LogP contribution in [0.2, 0.25) is 0 Å². The highest BCUT2D eigenvalue weighted by Crippen LogP contribution is 2.41. The SMILES string of the molecule is CCOC(=O)c1cn(-c2ccc3c(c2)C(C)(C)C(=O)N3C)c(=O)[nH]c1=O. The molecule has 1 amide bonds. The molecule has 0 radical (unpaired) electrons. The maximum atomic E-state index is 12.4. The van der Waals surface area contributed by atoms with E-state index in [1.54, 1.807) is 50.9 Å². The number of benzene rings is 1. The first kappa shape index (κ1) is 17.7. The number of carbonyl (C=O) groups excluding carboxylic acids is 2. The molecule has 1 N–H and O–H groups in total. The molecule has 0 saturated heterocycles. The Morgan fingerprint density at radius 3 is 2.58 bits per heavy atom. The van der Waals surface area contributed by atoms with Gasteiger partial charge in [-0.2, -0.15) is 0 Å². The van der Waals surface area contributed by atoms with Gasteiger partial charge in [0.1, 0.15) is 5.56 Å². The first-order valence-electron chi connectivity index (χ1n) is 8.14. The fourth-order valence-corrected chi connectivity index (χ4v) is 3.13. The number of hydrogen-bond acceptors (Lipinski definition) is 5. The molecule has 0 fully saturated rings. The molecular formula is C18H19N3O5. The standard InChI is InChI=1S/C18H19N3O5/c1-5-26-15(23)11-9-21(17(25)19-14(11)22)10-6-7-13-12(8-10)18(2,3)16(24)20(13)4/h6-9H,5H2,1-4H3,(H,19,22,25). The second kappa shape index (κ2) is 5.98. The van der Waals surface area contributed by atoms with E-state index in [4.69, 9.17) is 4.74 Å². The lowest BCUT2D eigenvalue weighted by molar-refractivity contribution is -0.121. The van der Waals surface area contributed by atoms with Gasteiger partial charge in [0, 0.05) is 18.9 Å². The third-order valence-electron chi connectivity index (χ3n) is 4.57. The van der Waals surface area contributed by atoms with Crippen molar-refractivity contribution >= 4 is 17.6 Å². The fraction of sp³-hybridized carbons (Fsp3) is 0.333. The summed E-state index contributed by atoms with van der Waals surface area (Å²) in [6, 6.07) is 5.10. The van der Waals surface area contributed by atoms with Crippen molar-refractivity contribution in [1.29, 1.82) is 0 Å². The third kappa shape index (κ3) is 2.54. The molecule has 0 atom stereocenters. The Bertz CT molecular complexity index is 1030. The van der Waals surface area contributed by atoms with E-state index >= 15 is 0 Å². The van der Waals surface area contributed by atoms with Crippen LogP contribution in [-0.4, -0.2) is 35.1 Å². The minimum Gasteiger partial charge on any atom is -0.462 e.